The minimum absolute atomic E-state index is 0. The van der Waals surface area contributed by atoms with E-state index in [4.69, 9.17) is 9.47 Å². The van der Waals surface area contributed by atoms with Gasteiger partial charge in [-0.3, -0.25) is 4.99 Å². The molecule has 2 fully saturated rings. The van der Waals surface area contributed by atoms with Crippen LogP contribution in [0.1, 0.15) is 32.1 Å². The minimum Gasteiger partial charge on any atom is -0.381 e. The molecule has 1 aliphatic heterocycles. The number of halogens is 1. The predicted molar refractivity (Wildman–Crippen MR) is 109 cm³/mol. The molecule has 0 unspecified atom stereocenters. The van der Waals surface area contributed by atoms with Crippen molar-refractivity contribution in [1.29, 1.82) is 0 Å². The van der Waals surface area contributed by atoms with Crippen LogP contribution in [0.25, 0.3) is 0 Å². The first kappa shape index (κ1) is 21.9. The first-order chi connectivity index (χ1) is 11.2. The Labute approximate surface area is 164 Å². The van der Waals surface area contributed by atoms with Crippen LogP contribution in [0, 0.1) is 5.92 Å². The molecule has 0 radical (unpaired) electrons. The Balaban J connectivity index is 0.00000288. The molecule has 2 rings (SSSR count). The van der Waals surface area contributed by atoms with E-state index in [-0.39, 0.29) is 29.5 Å². The molecular formula is C17H35IN4O2. The number of nitrogens with zero attached hydrogens (tertiary/aromatic N) is 2. The first-order valence-electron chi connectivity index (χ1n) is 8.94. The van der Waals surface area contributed by atoms with Crippen molar-refractivity contribution in [2.24, 2.45) is 10.9 Å². The topological polar surface area (TPSA) is 58.1 Å². The summed E-state index contributed by atoms with van der Waals surface area (Å²) in [6.07, 6.45) is 5.83. The second-order valence-corrected chi connectivity index (χ2v) is 6.96. The lowest BCUT2D eigenvalue weighted by Gasteiger charge is -2.43. The van der Waals surface area contributed by atoms with E-state index in [1.165, 1.54) is 12.8 Å². The third-order valence-corrected chi connectivity index (χ3v) is 4.99. The number of rotatable bonds is 9. The molecule has 1 heterocycles. The average molecular weight is 454 g/mol. The maximum atomic E-state index is 5.65. The molecule has 0 amide bonds. The number of hydrogen-bond acceptors (Lipinski definition) is 4. The highest BCUT2D eigenvalue weighted by Crippen LogP contribution is 2.28. The minimum atomic E-state index is 0. The average Bonchev–Trinajstić information content (AvgIpc) is 3.38. The van der Waals surface area contributed by atoms with Gasteiger partial charge in [0, 0.05) is 52.1 Å². The Bertz CT molecular complexity index is 370. The van der Waals surface area contributed by atoms with Crippen LogP contribution in [0.2, 0.25) is 0 Å². The largest absolute Gasteiger partial charge is 0.381 e. The van der Waals surface area contributed by atoms with Gasteiger partial charge < -0.3 is 25.0 Å². The van der Waals surface area contributed by atoms with Gasteiger partial charge in [-0.1, -0.05) is 0 Å². The van der Waals surface area contributed by atoms with Gasteiger partial charge in [0.25, 0.3) is 0 Å². The van der Waals surface area contributed by atoms with E-state index in [1.54, 1.807) is 0 Å². The van der Waals surface area contributed by atoms with E-state index in [1.807, 2.05) is 7.05 Å². The Kier molecular flexibility index (Phi) is 10.5. The van der Waals surface area contributed by atoms with Crippen LogP contribution in [0.5, 0.6) is 0 Å². The van der Waals surface area contributed by atoms with Crippen molar-refractivity contribution in [2.45, 2.75) is 37.6 Å². The van der Waals surface area contributed by atoms with Crippen LogP contribution in [-0.4, -0.2) is 77.1 Å². The second-order valence-electron chi connectivity index (χ2n) is 6.96. The number of ether oxygens (including phenoxy) is 2. The Morgan fingerprint density at radius 1 is 1.25 bits per heavy atom. The van der Waals surface area contributed by atoms with Gasteiger partial charge in [-0.05, 0) is 52.1 Å². The van der Waals surface area contributed by atoms with Gasteiger partial charge in [-0.2, -0.15) is 0 Å². The highest BCUT2D eigenvalue weighted by Gasteiger charge is 2.34. The van der Waals surface area contributed by atoms with Crippen molar-refractivity contribution >= 4 is 29.9 Å². The summed E-state index contributed by atoms with van der Waals surface area (Å²) in [4.78, 5) is 6.64. The van der Waals surface area contributed by atoms with Gasteiger partial charge in [0.05, 0.1) is 0 Å². The standard InChI is InChI=1S/C17H34N4O2.HI/c1-18-16(19-9-4-10-23-13-15-5-6-15)20-14-17(21(2)3)7-11-22-12-8-17;/h15H,4-14H2,1-3H3,(H2,18,19,20);1H. The van der Waals surface area contributed by atoms with Crippen LogP contribution < -0.4 is 10.6 Å². The molecule has 2 N–H and O–H groups in total. The third kappa shape index (κ3) is 7.41. The van der Waals surface area contributed by atoms with Crippen molar-refractivity contribution in [2.75, 3.05) is 60.7 Å². The number of aliphatic imine (C=N–C) groups is 1. The molecule has 0 aromatic rings. The summed E-state index contributed by atoms with van der Waals surface area (Å²) >= 11 is 0. The smallest absolute Gasteiger partial charge is 0.191 e. The molecule has 0 bridgehead atoms. The van der Waals surface area contributed by atoms with Gasteiger partial charge in [-0.25, -0.2) is 0 Å². The maximum Gasteiger partial charge on any atom is 0.191 e. The summed E-state index contributed by atoms with van der Waals surface area (Å²) < 4.78 is 11.2. The number of nitrogens with one attached hydrogen (secondary N) is 2. The van der Waals surface area contributed by atoms with Crippen LogP contribution >= 0.6 is 24.0 Å². The molecule has 1 saturated carbocycles. The SMILES string of the molecule is CN=C(NCCCOCC1CC1)NCC1(N(C)C)CCOCC1.I. The molecular weight excluding hydrogens is 419 g/mol. The lowest BCUT2D eigenvalue weighted by atomic mass is 9.88. The fourth-order valence-electron chi connectivity index (χ4n) is 2.92. The zero-order valence-electron chi connectivity index (χ0n) is 15.5. The maximum absolute atomic E-state index is 5.65. The summed E-state index contributed by atoms with van der Waals surface area (Å²) in [5.74, 6) is 1.72. The van der Waals surface area contributed by atoms with Crippen LogP contribution in [-0.2, 0) is 9.47 Å². The molecule has 142 valence electrons. The van der Waals surface area contributed by atoms with Crippen molar-refractivity contribution in [3.8, 4) is 0 Å². The lowest BCUT2D eigenvalue weighted by molar-refractivity contribution is -0.00501. The Morgan fingerprint density at radius 3 is 2.54 bits per heavy atom. The quantitative estimate of drug-likeness (QED) is 0.241. The van der Waals surface area contributed by atoms with Gasteiger partial charge >= 0.3 is 0 Å². The molecule has 7 heteroatoms. The molecule has 1 aliphatic carbocycles. The summed E-state index contributed by atoms with van der Waals surface area (Å²) in [6, 6.07) is 0. The van der Waals surface area contributed by atoms with Crippen molar-refractivity contribution in [3.63, 3.8) is 0 Å². The first-order valence-corrected chi connectivity index (χ1v) is 8.94. The van der Waals surface area contributed by atoms with E-state index in [0.717, 1.165) is 70.7 Å². The number of hydrogen-bond donors (Lipinski definition) is 2. The Hall–Kier alpha value is -0.120. The highest BCUT2D eigenvalue weighted by atomic mass is 127. The van der Waals surface area contributed by atoms with Gasteiger partial charge in [0.2, 0.25) is 0 Å². The summed E-state index contributed by atoms with van der Waals surface area (Å²) in [6.45, 7) is 5.23. The van der Waals surface area contributed by atoms with Crippen LogP contribution in [0.3, 0.4) is 0 Å². The van der Waals surface area contributed by atoms with Gasteiger partial charge in [-0.15, -0.1) is 24.0 Å². The summed E-state index contributed by atoms with van der Waals surface area (Å²) in [5, 5.41) is 6.86. The van der Waals surface area contributed by atoms with Crippen LogP contribution in [0.4, 0.5) is 0 Å². The van der Waals surface area contributed by atoms with Crippen molar-refractivity contribution in [1.82, 2.24) is 15.5 Å². The summed E-state index contributed by atoms with van der Waals surface area (Å²) in [5.41, 5.74) is 0.156. The van der Waals surface area contributed by atoms with Crippen LogP contribution in [0.15, 0.2) is 4.99 Å². The third-order valence-electron chi connectivity index (χ3n) is 4.99. The zero-order valence-corrected chi connectivity index (χ0v) is 17.8. The fourth-order valence-corrected chi connectivity index (χ4v) is 2.92. The fraction of sp³-hybridized carbons (Fsp3) is 0.941. The van der Waals surface area contributed by atoms with E-state index >= 15 is 0 Å². The number of likely N-dealkylation sites (N-methyl/N-ethyl adjacent to an activating group) is 1. The molecule has 2 aliphatic rings. The van der Waals surface area contributed by atoms with Gasteiger partial charge in [0.1, 0.15) is 0 Å². The van der Waals surface area contributed by atoms with Gasteiger partial charge in [0.15, 0.2) is 5.96 Å². The van der Waals surface area contributed by atoms with E-state index in [9.17, 15) is 0 Å². The molecule has 0 aromatic carbocycles. The van der Waals surface area contributed by atoms with Crippen molar-refractivity contribution < 1.29 is 9.47 Å². The molecule has 0 spiro atoms. The van der Waals surface area contributed by atoms with E-state index in [2.05, 4.69) is 34.6 Å². The zero-order chi connectivity index (χ0) is 16.5. The highest BCUT2D eigenvalue weighted by molar-refractivity contribution is 14.0. The second kappa shape index (κ2) is 11.5. The molecule has 0 atom stereocenters. The summed E-state index contributed by atoms with van der Waals surface area (Å²) in [7, 11) is 6.13. The lowest BCUT2D eigenvalue weighted by Crippen LogP contribution is -2.57. The molecule has 24 heavy (non-hydrogen) atoms. The molecule has 1 saturated heterocycles. The van der Waals surface area contributed by atoms with Crippen molar-refractivity contribution in [3.05, 3.63) is 0 Å². The molecule has 0 aromatic heterocycles. The molecule has 6 nitrogen and oxygen atoms in total. The predicted octanol–water partition coefficient (Wildman–Crippen LogP) is 1.70. The monoisotopic (exact) mass is 454 g/mol. The normalized spacial score (nSPS) is 20.6. The van der Waals surface area contributed by atoms with E-state index in [0.29, 0.717) is 0 Å². The van der Waals surface area contributed by atoms with E-state index < -0.39 is 0 Å². The number of guanidine groups is 1. The Morgan fingerprint density at radius 2 is 1.96 bits per heavy atom.